The van der Waals surface area contributed by atoms with Crippen LogP contribution in [0.15, 0.2) is 12.1 Å². The summed E-state index contributed by atoms with van der Waals surface area (Å²) >= 11 is 0. The molecule has 0 saturated heterocycles. The van der Waals surface area contributed by atoms with Gasteiger partial charge in [0.15, 0.2) is 11.5 Å². The van der Waals surface area contributed by atoms with E-state index < -0.39 is 0 Å². The second-order valence-electron chi connectivity index (χ2n) is 5.08. The first-order valence-electron chi connectivity index (χ1n) is 6.67. The fourth-order valence-corrected chi connectivity index (χ4v) is 2.70. The Morgan fingerprint density at radius 1 is 1.22 bits per heavy atom. The van der Waals surface area contributed by atoms with E-state index in [4.69, 9.17) is 9.47 Å². The van der Waals surface area contributed by atoms with Crippen LogP contribution in [-0.2, 0) is 6.42 Å². The molecule has 0 fully saturated rings. The smallest absolute Gasteiger partial charge is 0.161 e. The summed E-state index contributed by atoms with van der Waals surface area (Å²) in [5, 5.41) is 3.63. The maximum atomic E-state index is 5.41. The van der Waals surface area contributed by atoms with Gasteiger partial charge in [0, 0.05) is 6.04 Å². The lowest BCUT2D eigenvalue weighted by Gasteiger charge is -2.19. The molecule has 100 valence electrons. The van der Waals surface area contributed by atoms with Crippen molar-refractivity contribution in [3.8, 4) is 11.5 Å². The van der Waals surface area contributed by atoms with Gasteiger partial charge in [-0.1, -0.05) is 13.8 Å². The molecule has 0 radical (unpaired) electrons. The minimum Gasteiger partial charge on any atom is -0.493 e. The largest absolute Gasteiger partial charge is 0.493 e. The zero-order valence-electron chi connectivity index (χ0n) is 11.7. The van der Waals surface area contributed by atoms with Gasteiger partial charge in [-0.15, -0.1) is 0 Å². The SMILES string of the molecule is CCC1NCC(C)Cc2cc(OC)c(OC)cc21. The Hall–Kier alpha value is -1.22. The zero-order valence-corrected chi connectivity index (χ0v) is 11.7. The third kappa shape index (κ3) is 2.46. The monoisotopic (exact) mass is 249 g/mol. The molecule has 18 heavy (non-hydrogen) atoms. The summed E-state index contributed by atoms with van der Waals surface area (Å²) in [6.07, 6.45) is 2.19. The molecule has 0 aliphatic carbocycles. The highest BCUT2D eigenvalue weighted by Gasteiger charge is 2.22. The summed E-state index contributed by atoms with van der Waals surface area (Å²) in [4.78, 5) is 0. The van der Waals surface area contributed by atoms with E-state index in [0.717, 1.165) is 30.9 Å². The van der Waals surface area contributed by atoms with Crippen molar-refractivity contribution >= 4 is 0 Å². The minimum atomic E-state index is 0.421. The lowest BCUT2D eigenvalue weighted by atomic mass is 9.94. The van der Waals surface area contributed by atoms with Crippen molar-refractivity contribution in [2.45, 2.75) is 32.7 Å². The van der Waals surface area contributed by atoms with Crippen molar-refractivity contribution in [2.24, 2.45) is 5.92 Å². The Morgan fingerprint density at radius 2 is 1.89 bits per heavy atom. The fraction of sp³-hybridized carbons (Fsp3) is 0.600. The van der Waals surface area contributed by atoms with E-state index in [9.17, 15) is 0 Å². The molecule has 1 aliphatic rings. The van der Waals surface area contributed by atoms with Crippen LogP contribution in [-0.4, -0.2) is 20.8 Å². The maximum Gasteiger partial charge on any atom is 0.161 e. The molecule has 3 heteroatoms. The van der Waals surface area contributed by atoms with Gasteiger partial charge in [0.2, 0.25) is 0 Å². The van der Waals surface area contributed by atoms with Crippen LogP contribution in [0.4, 0.5) is 0 Å². The Balaban J connectivity index is 2.48. The average molecular weight is 249 g/mol. The molecular formula is C15H23NO2. The Labute approximate surface area is 109 Å². The number of ether oxygens (including phenoxy) is 2. The molecule has 1 heterocycles. The van der Waals surface area contributed by atoms with Gasteiger partial charge in [-0.2, -0.15) is 0 Å². The van der Waals surface area contributed by atoms with E-state index in [1.165, 1.54) is 11.1 Å². The number of methoxy groups -OCH3 is 2. The van der Waals surface area contributed by atoms with E-state index in [0.29, 0.717) is 12.0 Å². The molecule has 1 aromatic rings. The minimum absolute atomic E-state index is 0.421. The standard InChI is InChI=1S/C15H23NO2/c1-5-13-12-8-15(18-4)14(17-3)7-11(12)6-10(2)9-16-13/h7-8,10,13,16H,5-6,9H2,1-4H3. The van der Waals surface area contributed by atoms with Crippen molar-refractivity contribution < 1.29 is 9.47 Å². The molecule has 3 nitrogen and oxygen atoms in total. The van der Waals surface area contributed by atoms with Gasteiger partial charge < -0.3 is 14.8 Å². The quantitative estimate of drug-likeness (QED) is 0.893. The molecule has 1 aliphatic heterocycles. The second kappa shape index (κ2) is 5.61. The van der Waals surface area contributed by atoms with Gasteiger partial charge in [0.05, 0.1) is 14.2 Å². The van der Waals surface area contributed by atoms with Crippen molar-refractivity contribution in [3.63, 3.8) is 0 Å². The van der Waals surface area contributed by atoms with Crippen LogP contribution >= 0.6 is 0 Å². The molecule has 1 aromatic carbocycles. The first-order chi connectivity index (χ1) is 8.69. The molecule has 0 aromatic heterocycles. The third-order valence-corrected chi connectivity index (χ3v) is 3.71. The summed E-state index contributed by atoms with van der Waals surface area (Å²) in [5.74, 6) is 2.31. The van der Waals surface area contributed by atoms with Crippen LogP contribution in [0, 0.1) is 5.92 Å². The lowest BCUT2D eigenvalue weighted by molar-refractivity contribution is 0.353. The summed E-state index contributed by atoms with van der Waals surface area (Å²) in [6, 6.07) is 4.69. The molecule has 0 spiro atoms. The van der Waals surface area contributed by atoms with Crippen LogP contribution in [0.2, 0.25) is 0 Å². The number of rotatable bonds is 3. The number of benzene rings is 1. The van der Waals surface area contributed by atoms with E-state index >= 15 is 0 Å². The normalized spacial score (nSPS) is 23.1. The third-order valence-electron chi connectivity index (χ3n) is 3.71. The molecule has 0 bridgehead atoms. The fourth-order valence-electron chi connectivity index (χ4n) is 2.70. The number of hydrogen-bond donors (Lipinski definition) is 1. The molecule has 1 N–H and O–H groups in total. The summed E-state index contributed by atoms with van der Waals surface area (Å²) in [5.41, 5.74) is 2.75. The van der Waals surface area contributed by atoms with E-state index in [2.05, 4.69) is 31.3 Å². The number of fused-ring (bicyclic) bond motifs is 1. The Bertz CT molecular complexity index is 417. The first kappa shape index (κ1) is 13.2. The van der Waals surface area contributed by atoms with E-state index in [1.54, 1.807) is 14.2 Å². The van der Waals surface area contributed by atoms with E-state index in [-0.39, 0.29) is 0 Å². The summed E-state index contributed by atoms with van der Waals surface area (Å²) in [7, 11) is 3.39. The topological polar surface area (TPSA) is 30.5 Å². The van der Waals surface area contributed by atoms with Gasteiger partial charge in [0.25, 0.3) is 0 Å². The van der Waals surface area contributed by atoms with Gasteiger partial charge >= 0.3 is 0 Å². The van der Waals surface area contributed by atoms with Crippen LogP contribution in [0.5, 0.6) is 11.5 Å². The highest BCUT2D eigenvalue weighted by atomic mass is 16.5. The Kier molecular flexibility index (Phi) is 4.12. The molecule has 2 rings (SSSR count). The van der Waals surface area contributed by atoms with Crippen LogP contribution in [0.3, 0.4) is 0 Å². The van der Waals surface area contributed by atoms with Gasteiger partial charge in [-0.25, -0.2) is 0 Å². The molecule has 2 atom stereocenters. The van der Waals surface area contributed by atoms with Crippen LogP contribution in [0.1, 0.15) is 37.4 Å². The predicted molar refractivity (Wildman–Crippen MR) is 73.4 cm³/mol. The highest BCUT2D eigenvalue weighted by Crippen LogP contribution is 2.36. The van der Waals surface area contributed by atoms with Crippen molar-refractivity contribution in [1.82, 2.24) is 5.32 Å². The Morgan fingerprint density at radius 3 is 2.50 bits per heavy atom. The van der Waals surface area contributed by atoms with Crippen LogP contribution in [0.25, 0.3) is 0 Å². The number of nitrogens with one attached hydrogen (secondary N) is 1. The van der Waals surface area contributed by atoms with Crippen molar-refractivity contribution in [2.75, 3.05) is 20.8 Å². The average Bonchev–Trinajstić information content (AvgIpc) is 2.54. The van der Waals surface area contributed by atoms with Gasteiger partial charge in [-0.05, 0) is 48.6 Å². The molecular weight excluding hydrogens is 226 g/mol. The summed E-state index contributed by atoms with van der Waals surface area (Å²) in [6.45, 7) is 5.57. The van der Waals surface area contributed by atoms with Gasteiger partial charge in [0.1, 0.15) is 0 Å². The van der Waals surface area contributed by atoms with Crippen molar-refractivity contribution in [1.29, 1.82) is 0 Å². The zero-order chi connectivity index (χ0) is 13.1. The predicted octanol–water partition coefficient (Wildman–Crippen LogP) is 2.94. The summed E-state index contributed by atoms with van der Waals surface area (Å²) < 4.78 is 10.8. The lowest BCUT2D eigenvalue weighted by Crippen LogP contribution is -2.23. The highest BCUT2D eigenvalue weighted by molar-refractivity contribution is 5.49. The van der Waals surface area contributed by atoms with Crippen molar-refractivity contribution in [3.05, 3.63) is 23.3 Å². The second-order valence-corrected chi connectivity index (χ2v) is 5.08. The van der Waals surface area contributed by atoms with Gasteiger partial charge in [-0.3, -0.25) is 0 Å². The molecule has 2 unspecified atom stereocenters. The maximum absolute atomic E-state index is 5.41. The molecule has 0 amide bonds. The molecule has 0 saturated carbocycles. The van der Waals surface area contributed by atoms with E-state index in [1.807, 2.05) is 0 Å². The van der Waals surface area contributed by atoms with Crippen LogP contribution < -0.4 is 14.8 Å². The number of hydrogen-bond acceptors (Lipinski definition) is 3. The first-order valence-corrected chi connectivity index (χ1v) is 6.67.